The molecule has 0 spiro atoms. The molecule has 2 aromatic carbocycles. The summed E-state index contributed by atoms with van der Waals surface area (Å²) < 4.78 is 33.2. The third kappa shape index (κ3) is 4.19. The molecule has 0 aliphatic heterocycles. The molecule has 3 rings (SSSR count). The second kappa shape index (κ2) is 7.54. The number of ether oxygens (including phenoxy) is 1. The number of benzene rings is 2. The van der Waals surface area contributed by atoms with Crippen molar-refractivity contribution in [2.45, 2.75) is 43.5 Å². The number of nitrogens with one attached hydrogen (secondary N) is 1. The van der Waals surface area contributed by atoms with Crippen LogP contribution in [0.15, 0.2) is 47.4 Å². The van der Waals surface area contributed by atoms with Gasteiger partial charge in [-0.1, -0.05) is 30.3 Å². The Morgan fingerprint density at radius 2 is 1.76 bits per heavy atom. The number of rotatable bonds is 5. The topological polar surface area (TPSA) is 72.5 Å². The fourth-order valence-corrected chi connectivity index (χ4v) is 4.67. The van der Waals surface area contributed by atoms with Crippen LogP contribution in [-0.4, -0.2) is 27.0 Å². The molecular formula is C19H23NO4S. The molecule has 25 heavy (non-hydrogen) atoms. The van der Waals surface area contributed by atoms with Crippen LogP contribution in [0, 0.1) is 5.92 Å². The molecule has 1 aliphatic carbocycles. The zero-order chi connectivity index (χ0) is 17.9. The summed E-state index contributed by atoms with van der Waals surface area (Å²) in [5.41, 5.74) is 0. The summed E-state index contributed by atoms with van der Waals surface area (Å²) in [6.45, 7) is 2.18. The van der Waals surface area contributed by atoms with E-state index in [9.17, 15) is 13.2 Å². The molecule has 2 aromatic rings. The van der Waals surface area contributed by atoms with Gasteiger partial charge in [0.15, 0.2) is 0 Å². The van der Waals surface area contributed by atoms with Crippen LogP contribution in [0.2, 0.25) is 0 Å². The number of sulfonamides is 1. The molecule has 1 aliphatic rings. The molecule has 1 saturated carbocycles. The molecule has 1 fully saturated rings. The van der Waals surface area contributed by atoms with Gasteiger partial charge in [0.1, 0.15) is 0 Å². The minimum atomic E-state index is -3.57. The van der Waals surface area contributed by atoms with Crippen molar-refractivity contribution in [1.82, 2.24) is 4.72 Å². The zero-order valence-corrected chi connectivity index (χ0v) is 15.1. The fraction of sp³-hybridized carbons (Fsp3) is 0.421. The fourth-order valence-electron chi connectivity index (χ4n) is 3.33. The van der Waals surface area contributed by atoms with Gasteiger partial charge in [-0.25, -0.2) is 13.1 Å². The lowest BCUT2D eigenvalue weighted by Crippen LogP contribution is -2.38. The Morgan fingerprint density at radius 3 is 2.44 bits per heavy atom. The molecule has 0 radical (unpaired) electrons. The van der Waals surface area contributed by atoms with Crippen LogP contribution in [0.3, 0.4) is 0 Å². The van der Waals surface area contributed by atoms with Crippen LogP contribution >= 0.6 is 0 Å². The largest absolute Gasteiger partial charge is 0.466 e. The molecule has 6 heteroatoms. The standard InChI is InChI=1S/C19H23NO4S/c1-2-24-19(21)15-7-10-17(11-8-15)20-25(22,23)18-12-9-14-5-3-4-6-16(14)13-18/h3-6,9,12-13,15,17,20H,2,7-8,10-11H2,1H3. The Balaban J connectivity index is 1.66. The van der Waals surface area contributed by atoms with E-state index in [1.54, 1.807) is 19.1 Å². The first kappa shape index (κ1) is 17.9. The quantitative estimate of drug-likeness (QED) is 0.830. The van der Waals surface area contributed by atoms with Crippen molar-refractivity contribution in [3.8, 4) is 0 Å². The van der Waals surface area contributed by atoms with Crippen molar-refractivity contribution in [1.29, 1.82) is 0 Å². The van der Waals surface area contributed by atoms with E-state index in [0.717, 1.165) is 10.8 Å². The maximum Gasteiger partial charge on any atom is 0.308 e. The summed E-state index contributed by atoms with van der Waals surface area (Å²) in [5, 5.41) is 1.91. The summed E-state index contributed by atoms with van der Waals surface area (Å²) >= 11 is 0. The molecule has 0 heterocycles. The molecule has 0 saturated heterocycles. The van der Waals surface area contributed by atoms with Gasteiger partial charge in [-0.3, -0.25) is 4.79 Å². The third-order valence-electron chi connectivity index (χ3n) is 4.70. The number of fused-ring (bicyclic) bond motifs is 1. The van der Waals surface area contributed by atoms with E-state index >= 15 is 0 Å². The maximum absolute atomic E-state index is 12.7. The Morgan fingerprint density at radius 1 is 1.08 bits per heavy atom. The normalized spacial score (nSPS) is 21.2. The Hall–Kier alpha value is -1.92. The predicted molar refractivity (Wildman–Crippen MR) is 96.6 cm³/mol. The van der Waals surface area contributed by atoms with Crippen molar-refractivity contribution in [2.24, 2.45) is 5.92 Å². The van der Waals surface area contributed by atoms with Gasteiger partial charge in [0.05, 0.1) is 17.4 Å². The molecule has 1 N–H and O–H groups in total. The minimum Gasteiger partial charge on any atom is -0.466 e. The molecule has 134 valence electrons. The maximum atomic E-state index is 12.7. The van der Waals surface area contributed by atoms with Crippen LogP contribution in [-0.2, 0) is 19.6 Å². The van der Waals surface area contributed by atoms with Gasteiger partial charge in [0, 0.05) is 6.04 Å². The van der Waals surface area contributed by atoms with E-state index < -0.39 is 10.0 Å². The highest BCUT2D eigenvalue weighted by molar-refractivity contribution is 7.89. The second-order valence-corrected chi connectivity index (χ2v) is 8.14. The summed E-state index contributed by atoms with van der Waals surface area (Å²) in [4.78, 5) is 12.1. The van der Waals surface area contributed by atoms with Crippen molar-refractivity contribution in [3.63, 3.8) is 0 Å². The molecule has 0 amide bonds. The van der Waals surface area contributed by atoms with Crippen molar-refractivity contribution < 1.29 is 17.9 Å². The predicted octanol–water partition coefficient (Wildman–Crippen LogP) is 3.24. The lowest BCUT2D eigenvalue weighted by molar-refractivity contribution is -0.149. The van der Waals surface area contributed by atoms with E-state index in [4.69, 9.17) is 4.74 Å². The Bertz CT molecular complexity index is 855. The Kier molecular flexibility index (Phi) is 5.39. The van der Waals surface area contributed by atoms with Crippen LogP contribution < -0.4 is 4.72 Å². The van der Waals surface area contributed by atoms with Crippen molar-refractivity contribution in [2.75, 3.05) is 6.61 Å². The van der Waals surface area contributed by atoms with E-state index in [1.165, 1.54) is 0 Å². The van der Waals surface area contributed by atoms with E-state index in [-0.39, 0.29) is 22.8 Å². The average Bonchev–Trinajstić information content (AvgIpc) is 2.62. The van der Waals surface area contributed by atoms with Gasteiger partial charge in [0.2, 0.25) is 10.0 Å². The number of hydrogen-bond acceptors (Lipinski definition) is 4. The number of carbonyl (C=O) groups is 1. The van der Waals surface area contributed by atoms with Gasteiger partial charge < -0.3 is 4.74 Å². The molecule has 0 aromatic heterocycles. The number of carbonyl (C=O) groups excluding carboxylic acids is 1. The average molecular weight is 361 g/mol. The summed E-state index contributed by atoms with van der Waals surface area (Å²) in [5.74, 6) is -0.278. The SMILES string of the molecule is CCOC(=O)C1CCC(NS(=O)(=O)c2ccc3ccccc3c2)CC1. The molecule has 0 bridgehead atoms. The van der Waals surface area contributed by atoms with Gasteiger partial charge in [-0.05, 0) is 55.5 Å². The Labute approximate surface area is 148 Å². The van der Waals surface area contributed by atoms with Crippen molar-refractivity contribution >= 4 is 26.8 Å². The summed E-state index contributed by atoms with van der Waals surface area (Å²) in [6, 6.07) is 12.7. The van der Waals surface area contributed by atoms with Crippen LogP contribution in [0.5, 0.6) is 0 Å². The number of hydrogen-bond donors (Lipinski definition) is 1. The lowest BCUT2D eigenvalue weighted by atomic mass is 9.86. The van der Waals surface area contributed by atoms with Crippen LogP contribution in [0.1, 0.15) is 32.6 Å². The van der Waals surface area contributed by atoms with Gasteiger partial charge >= 0.3 is 5.97 Å². The van der Waals surface area contributed by atoms with Crippen LogP contribution in [0.25, 0.3) is 10.8 Å². The van der Waals surface area contributed by atoms with Crippen LogP contribution in [0.4, 0.5) is 0 Å². The molecule has 0 unspecified atom stereocenters. The monoisotopic (exact) mass is 361 g/mol. The van der Waals surface area contributed by atoms with E-state index in [1.807, 2.05) is 30.3 Å². The highest BCUT2D eigenvalue weighted by Gasteiger charge is 2.29. The third-order valence-corrected chi connectivity index (χ3v) is 6.22. The van der Waals surface area contributed by atoms with Gasteiger partial charge in [-0.2, -0.15) is 0 Å². The van der Waals surface area contributed by atoms with Gasteiger partial charge in [-0.15, -0.1) is 0 Å². The smallest absolute Gasteiger partial charge is 0.308 e. The second-order valence-electron chi connectivity index (χ2n) is 6.43. The van der Waals surface area contributed by atoms with Crippen molar-refractivity contribution in [3.05, 3.63) is 42.5 Å². The lowest BCUT2D eigenvalue weighted by Gasteiger charge is -2.27. The molecular weight excluding hydrogens is 338 g/mol. The van der Waals surface area contributed by atoms with Gasteiger partial charge in [0.25, 0.3) is 0 Å². The first-order chi connectivity index (χ1) is 12.0. The van der Waals surface area contributed by atoms with E-state index in [2.05, 4.69) is 4.72 Å². The molecule has 0 atom stereocenters. The molecule has 5 nitrogen and oxygen atoms in total. The first-order valence-electron chi connectivity index (χ1n) is 8.67. The zero-order valence-electron chi connectivity index (χ0n) is 14.3. The highest BCUT2D eigenvalue weighted by atomic mass is 32.2. The summed E-state index contributed by atoms with van der Waals surface area (Å²) in [6.07, 6.45) is 2.61. The number of esters is 1. The summed E-state index contributed by atoms with van der Waals surface area (Å²) in [7, 11) is -3.57. The minimum absolute atomic E-state index is 0.110. The van der Waals surface area contributed by atoms with E-state index in [0.29, 0.717) is 32.3 Å². The highest BCUT2D eigenvalue weighted by Crippen LogP contribution is 2.27. The first-order valence-corrected chi connectivity index (χ1v) is 10.2.